The Morgan fingerprint density at radius 1 is 1.26 bits per heavy atom. The fourth-order valence-electron chi connectivity index (χ4n) is 1.75. The maximum Gasteiger partial charge on any atom is 0.211 e. The van der Waals surface area contributed by atoms with E-state index in [-0.39, 0.29) is 12.2 Å². The van der Waals surface area contributed by atoms with Crippen molar-refractivity contribution in [2.75, 3.05) is 6.61 Å². The maximum atomic E-state index is 5.72. The molecule has 6 nitrogen and oxygen atoms in total. The summed E-state index contributed by atoms with van der Waals surface area (Å²) < 4.78 is 11.2. The first-order valence-corrected chi connectivity index (χ1v) is 6.24. The Morgan fingerprint density at radius 3 is 2.68 bits per heavy atom. The van der Waals surface area contributed by atoms with Crippen molar-refractivity contribution in [3.8, 4) is 5.75 Å². The minimum atomic E-state index is -0.130. The van der Waals surface area contributed by atoms with Crippen LogP contribution in [0.5, 0.6) is 5.75 Å². The molecule has 0 bridgehead atoms. The second-order valence-electron chi connectivity index (χ2n) is 4.25. The number of benzene rings is 1. The van der Waals surface area contributed by atoms with Crippen molar-refractivity contribution in [1.29, 1.82) is 0 Å². The molecule has 0 saturated carbocycles. The second kappa shape index (κ2) is 6.75. The van der Waals surface area contributed by atoms with Crippen molar-refractivity contribution in [2.45, 2.75) is 25.6 Å². The molecule has 1 aromatic rings. The van der Waals surface area contributed by atoms with Crippen LogP contribution in [0.25, 0.3) is 0 Å². The molecule has 0 aromatic heterocycles. The zero-order chi connectivity index (χ0) is 13.5. The highest BCUT2D eigenvalue weighted by atomic mass is 16.7. The molecule has 0 amide bonds. The summed E-state index contributed by atoms with van der Waals surface area (Å²) in [5.74, 6) is 0.719. The van der Waals surface area contributed by atoms with Crippen LogP contribution in [0.4, 0.5) is 0 Å². The van der Waals surface area contributed by atoms with Gasteiger partial charge in [-0.15, -0.1) is 5.10 Å². The fourth-order valence-corrected chi connectivity index (χ4v) is 1.75. The molecule has 1 aliphatic heterocycles. The number of ether oxygens (including phenoxy) is 2. The number of nitrogens with two attached hydrogens (primary N) is 2. The fraction of sp³-hybridized carbons (Fsp3) is 0.385. The number of hydrogen-bond donors (Lipinski definition) is 2. The van der Waals surface area contributed by atoms with Gasteiger partial charge in [0.2, 0.25) is 5.96 Å². The van der Waals surface area contributed by atoms with Gasteiger partial charge in [0.15, 0.2) is 6.29 Å². The van der Waals surface area contributed by atoms with Crippen LogP contribution < -0.4 is 16.2 Å². The van der Waals surface area contributed by atoms with E-state index in [0.717, 1.165) is 37.2 Å². The molecule has 1 atom stereocenters. The number of guanidine groups is 1. The van der Waals surface area contributed by atoms with Gasteiger partial charge in [-0.3, -0.25) is 0 Å². The molecule has 0 aliphatic carbocycles. The lowest BCUT2D eigenvalue weighted by molar-refractivity contribution is -0.105. The average Bonchev–Trinajstić information content (AvgIpc) is 2.42. The van der Waals surface area contributed by atoms with Crippen molar-refractivity contribution in [1.82, 2.24) is 0 Å². The first kappa shape index (κ1) is 13.4. The third-order valence-electron chi connectivity index (χ3n) is 2.67. The van der Waals surface area contributed by atoms with Crippen molar-refractivity contribution >= 4 is 12.2 Å². The smallest absolute Gasteiger partial charge is 0.211 e. The second-order valence-corrected chi connectivity index (χ2v) is 4.25. The van der Waals surface area contributed by atoms with Crippen LogP contribution in [-0.4, -0.2) is 25.1 Å². The monoisotopic (exact) mass is 262 g/mol. The molecular weight excluding hydrogens is 244 g/mol. The molecule has 4 N–H and O–H groups in total. The van der Waals surface area contributed by atoms with Gasteiger partial charge in [-0.2, -0.15) is 5.10 Å². The van der Waals surface area contributed by atoms with E-state index in [9.17, 15) is 0 Å². The van der Waals surface area contributed by atoms with Gasteiger partial charge < -0.3 is 20.9 Å². The summed E-state index contributed by atoms with van der Waals surface area (Å²) >= 11 is 0. The Morgan fingerprint density at radius 2 is 2.05 bits per heavy atom. The number of nitrogens with zero attached hydrogens (tertiary/aromatic N) is 2. The van der Waals surface area contributed by atoms with Crippen LogP contribution in [0.1, 0.15) is 24.8 Å². The van der Waals surface area contributed by atoms with Gasteiger partial charge >= 0.3 is 0 Å². The van der Waals surface area contributed by atoms with E-state index in [2.05, 4.69) is 10.2 Å². The predicted octanol–water partition coefficient (Wildman–Crippen LogP) is 1.20. The van der Waals surface area contributed by atoms with E-state index in [1.807, 2.05) is 24.3 Å². The molecule has 19 heavy (non-hydrogen) atoms. The lowest BCUT2D eigenvalue weighted by Gasteiger charge is -2.23. The Balaban J connectivity index is 1.90. The molecular formula is C13H18N4O2. The molecule has 0 radical (unpaired) electrons. The molecule has 1 aliphatic rings. The van der Waals surface area contributed by atoms with E-state index in [1.54, 1.807) is 6.21 Å². The summed E-state index contributed by atoms with van der Waals surface area (Å²) in [5.41, 5.74) is 11.2. The quantitative estimate of drug-likeness (QED) is 0.484. The molecule has 1 unspecified atom stereocenters. The van der Waals surface area contributed by atoms with Crippen molar-refractivity contribution < 1.29 is 9.47 Å². The van der Waals surface area contributed by atoms with Gasteiger partial charge in [0.05, 0.1) is 12.8 Å². The van der Waals surface area contributed by atoms with Gasteiger partial charge in [0.1, 0.15) is 5.75 Å². The average molecular weight is 262 g/mol. The van der Waals surface area contributed by atoms with Gasteiger partial charge in [0, 0.05) is 6.42 Å². The SMILES string of the molecule is NC(N)=NN=Cc1ccc(OC2CCCCO2)cc1. The zero-order valence-electron chi connectivity index (χ0n) is 10.7. The lowest BCUT2D eigenvalue weighted by atomic mass is 10.2. The van der Waals surface area contributed by atoms with Crippen molar-refractivity contribution in [2.24, 2.45) is 21.7 Å². The van der Waals surface area contributed by atoms with Gasteiger partial charge in [0.25, 0.3) is 0 Å². The predicted molar refractivity (Wildman–Crippen MR) is 74.1 cm³/mol. The Kier molecular flexibility index (Phi) is 4.74. The Hall–Kier alpha value is -2.08. The molecule has 1 aromatic carbocycles. The summed E-state index contributed by atoms with van der Waals surface area (Å²) in [5, 5.41) is 7.26. The normalized spacial score (nSPS) is 19.3. The summed E-state index contributed by atoms with van der Waals surface area (Å²) in [6.45, 7) is 0.772. The highest BCUT2D eigenvalue weighted by Gasteiger charge is 2.14. The van der Waals surface area contributed by atoms with E-state index in [4.69, 9.17) is 20.9 Å². The largest absolute Gasteiger partial charge is 0.465 e. The van der Waals surface area contributed by atoms with Crippen LogP contribution in [-0.2, 0) is 4.74 Å². The minimum Gasteiger partial charge on any atom is -0.465 e. The molecule has 0 spiro atoms. The summed E-state index contributed by atoms with van der Waals surface area (Å²) in [6, 6.07) is 7.50. The molecule has 1 saturated heterocycles. The molecule has 1 fully saturated rings. The Labute approximate surface area is 112 Å². The standard InChI is InChI=1S/C13H18N4O2/c14-13(15)17-16-9-10-4-6-11(7-5-10)19-12-3-1-2-8-18-12/h4-7,9,12H,1-3,8H2,(H4,14,15,17). The third-order valence-corrected chi connectivity index (χ3v) is 2.67. The lowest BCUT2D eigenvalue weighted by Crippen LogP contribution is -2.24. The number of rotatable bonds is 4. The highest BCUT2D eigenvalue weighted by molar-refractivity contribution is 5.81. The Bertz CT molecular complexity index is 446. The summed E-state index contributed by atoms with van der Waals surface area (Å²) in [7, 11) is 0. The van der Waals surface area contributed by atoms with Crippen LogP contribution in [0.3, 0.4) is 0 Å². The van der Waals surface area contributed by atoms with Gasteiger partial charge in [-0.05, 0) is 42.7 Å². The van der Waals surface area contributed by atoms with E-state index >= 15 is 0 Å². The third kappa shape index (κ3) is 4.59. The molecule has 6 heteroatoms. The van der Waals surface area contributed by atoms with E-state index in [1.165, 1.54) is 0 Å². The van der Waals surface area contributed by atoms with Gasteiger partial charge in [-0.1, -0.05) is 0 Å². The van der Waals surface area contributed by atoms with Crippen molar-refractivity contribution in [3.05, 3.63) is 29.8 Å². The maximum absolute atomic E-state index is 5.72. The number of hydrogen-bond acceptors (Lipinski definition) is 4. The highest BCUT2D eigenvalue weighted by Crippen LogP contribution is 2.19. The van der Waals surface area contributed by atoms with Crippen LogP contribution in [0.2, 0.25) is 0 Å². The molecule has 1 heterocycles. The van der Waals surface area contributed by atoms with Crippen LogP contribution >= 0.6 is 0 Å². The summed E-state index contributed by atoms with van der Waals surface area (Å²) in [4.78, 5) is 0. The molecule has 102 valence electrons. The zero-order valence-corrected chi connectivity index (χ0v) is 10.7. The van der Waals surface area contributed by atoms with Gasteiger partial charge in [-0.25, -0.2) is 0 Å². The first-order chi connectivity index (χ1) is 9.24. The van der Waals surface area contributed by atoms with Crippen LogP contribution in [0.15, 0.2) is 34.5 Å². The minimum absolute atomic E-state index is 0.0642. The first-order valence-electron chi connectivity index (χ1n) is 6.24. The summed E-state index contributed by atoms with van der Waals surface area (Å²) in [6.07, 6.45) is 4.64. The van der Waals surface area contributed by atoms with E-state index < -0.39 is 0 Å². The van der Waals surface area contributed by atoms with Crippen molar-refractivity contribution in [3.63, 3.8) is 0 Å². The topological polar surface area (TPSA) is 95.2 Å². The molecule has 2 rings (SSSR count). The van der Waals surface area contributed by atoms with E-state index in [0.29, 0.717) is 0 Å². The van der Waals surface area contributed by atoms with Crippen LogP contribution in [0, 0.1) is 0 Å².